The minimum atomic E-state index is 0.642. The normalized spacial score (nSPS) is 10.3. The molecule has 0 saturated heterocycles. The molecule has 0 amide bonds. The van der Waals surface area contributed by atoms with E-state index in [4.69, 9.17) is 14.3 Å². The quantitative estimate of drug-likeness (QED) is 0.778. The number of ether oxygens (including phenoxy) is 2. The van der Waals surface area contributed by atoms with Crippen LogP contribution in [-0.4, -0.2) is 21.3 Å². The summed E-state index contributed by atoms with van der Waals surface area (Å²) < 4.78 is 10.6. The molecule has 0 unspecified atom stereocenters. The van der Waals surface area contributed by atoms with E-state index in [1.807, 2.05) is 13.0 Å². The van der Waals surface area contributed by atoms with E-state index < -0.39 is 0 Å². The monoisotopic (exact) mass is 225 g/mol. The van der Waals surface area contributed by atoms with Crippen molar-refractivity contribution in [3.05, 3.63) is 22.8 Å². The molecule has 0 bridgehead atoms. The van der Waals surface area contributed by atoms with Gasteiger partial charge >= 0.3 is 0 Å². The first-order valence-electron chi connectivity index (χ1n) is 5.12. The molecule has 0 heterocycles. The van der Waals surface area contributed by atoms with Crippen molar-refractivity contribution in [3.63, 3.8) is 0 Å². The van der Waals surface area contributed by atoms with Gasteiger partial charge in [0.05, 0.1) is 21.3 Å². The predicted molar refractivity (Wildman–Crippen MR) is 62.9 cm³/mol. The van der Waals surface area contributed by atoms with Gasteiger partial charge in [0.1, 0.15) is 0 Å². The minimum Gasteiger partial charge on any atom is -0.493 e. The van der Waals surface area contributed by atoms with Gasteiger partial charge in [-0.25, -0.2) is 0 Å². The molecule has 1 aromatic rings. The zero-order valence-corrected chi connectivity index (χ0v) is 10.5. The molecule has 1 N–H and O–H groups in total. The van der Waals surface area contributed by atoms with Gasteiger partial charge in [-0.15, -0.1) is 0 Å². The molecule has 1 aromatic carbocycles. The second-order valence-electron chi connectivity index (χ2n) is 3.55. The Kier molecular flexibility index (Phi) is 4.58. The Morgan fingerprint density at radius 2 is 1.75 bits per heavy atom. The lowest BCUT2D eigenvalue weighted by Gasteiger charge is -2.16. The standard InChI is InChI=1S/C12H19NO3/c1-8-9(2)12(15-4)11(14-3)6-10(8)7-13-16-5/h6,13H,7H2,1-5H3. The van der Waals surface area contributed by atoms with Crippen LogP contribution in [0.25, 0.3) is 0 Å². The maximum atomic E-state index is 5.33. The van der Waals surface area contributed by atoms with Gasteiger partial charge in [-0.1, -0.05) is 0 Å². The lowest BCUT2D eigenvalue weighted by molar-refractivity contribution is 0.0865. The maximum Gasteiger partial charge on any atom is 0.163 e. The number of hydroxylamine groups is 1. The second kappa shape index (κ2) is 5.72. The Bertz CT molecular complexity index is 364. The molecule has 0 aliphatic carbocycles. The number of hydrogen-bond donors (Lipinski definition) is 1. The van der Waals surface area contributed by atoms with Crippen molar-refractivity contribution in [3.8, 4) is 11.5 Å². The number of nitrogens with one attached hydrogen (secondary N) is 1. The molecule has 0 aliphatic rings. The summed E-state index contributed by atoms with van der Waals surface area (Å²) in [6, 6.07) is 1.97. The minimum absolute atomic E-state index is 0.642. The van der Waals surface area contributed by atoms with Crippen LogP contribution in [0.3, 0.4) is 0 Å². The van der Waals surface area contributed by atoms with E-state index >= 15 is 0 Å². The highest BCUT2D eigenvalue weighted by Crippen LogP contribution is 2.34. The molecule has 0 spiro atoms. The van der Waals surface area contributed by atoms with Crippen LogP contribution >= 0.6 is 0 Å². The lowest BCUT2D eigenvalue weighted by atomic mass is 10.0. The second-order valence-corrected chi connectivity index (χ2v) is 3.55. The van der Waals surface area contributed by atoms with Crippen LogP contribution in [0, 0.1) is 13.8 Å². The number of methoxy groups -OCH3 is 2. The van der Waals surface area contributed by atoms with E-state index in [2.05, 4.69) is 12.4 Å². The molecule has 90 valence electrons. The maximum absolute atomic E-state index is 5.33. The van der Waals surface area contributed by atoms with Crippen LogP contribution in [0.1, 0.15) is 16.7 Å². The molecule has 0 aromatic heterocycles. The number of rotatable bonds is 5. The van der Waals surface area contributed by atoms with E-state index in [0.717, 1.165) is 22.6 Å². The van der Waals surface area contributed by atoms with Gasteiger partial charge in [0.2, 0.25) is 0 Å². The Morgan fingerprint density at radius 1 is 1.06 bits per heavy atom. The van der Waals surface area contributed by atoms with Gasteiger partial charge in [-0.05, 0) is 36.6 Å². The van der Waals surface area contributed by atoms with Crippen LogP contribution in [0.5, 0.6) is 11.5 Å². The lowest BCUT2D eigenvalue weighted by Crippen LogP contribution is -2.12. The molecule has 0 radical (unpaired) electrons. The summed E-state index contributed by atoms with van der Waals surface area (Å²) in [6.45, 7) is 4.72. The van der Waals surface area contributed by atoms with Crippen molar-refractivity contribution >= 4 is 0 Å². The van der Waals surface area contributed by atoms with E-state index in [1.54, 1.807) is 21.3 Å². The van der Waals surface area contributed by atoms with Gasteiger partial charge < -0.3 is 14.3 Å². The molecule has 1 rings (SSSR count). The zero-order chi connectivity index (χ0) is 12.1. The molecule has 4 heteroatoms. The largest absolute Gasteiger partial charge is 0.493 e. The van der Waals surface area contributed by atoms with Gasteiger partial charge in [-0.2, -0.15) is 5.48 Å². The fourth-order valence-electron chi connectivity index (χ4n) is 1.67. The fourth-order valence-corrected chi connectivity index (χ4v) is 1.67. The fraction of sp³-hybridized carbons (Fsp3) is 0.500. The summed E-state index contributed by atoms with van der Waals surface area (Å²) in [5.74, 6) is 1.54. The van der Waals surface area contributed by atoms with Crippen LogP contribution in [0.15, 0.2) is 6.07 Å². The molecule has 0 fully saturated rings. The van der Waals surface area contributed by atoms with Crippen molar-refractivity contribution < 1.29 is 14.3 Å². The van der Waals surface area contributed by atoms with Crippen molar-refractivity contribution in [1.29, 1.82) is 0 Å². The third-order valence-electron chi connectivity index (χ3n) is 2.74. The van der Waals surface area contributed by atoms with Crippen LogP contribution in [-0.2, 0) is 11.4 Å². The van der Waals surface area contributed by atoms with Crippen molar-refractivity contribution in [2.45, 2.75) is 20.4 Å². The highest BCUT2D eigenvalue weighted by molar-refractivity contribution is 5.53. The summed E-state index contributed by atoms with van der Waals surface area (Å²) >= 11 is 0. The summed E-state index contributed by atoms with van der Waals surface area (Å²) in [5.41, 5.74) is 6.24. The van der Waals surface area contributed by atoms with E-state index in [1.165, 1.54) is 5.56 Å². The Hall–Kier alpha value is -1.26. The molecule has 0 atom stereocenters. The third kappa shape index (κ3) is 2.46. The molecular weight excluding hydrogens is 206 g/mol. The smallest absolute Gasteiger partial charge is 0.163 e. The first-order chi connectivity index (χ1) is 7.65. The number of benzene rings is 1. The molecule has 0 saturated carbocycles. The van der Waals surface area contributed by atoms with Gasteiger partial charge in [-0.3, -0.25) is 0 Å². The van der Waals surface area contributed by atoms with Crippen molar-refractivity contribution in [1.82, 2.24) is 5.48 Å². The van der Waals surface area contributed by atoms with Crippen molar-refractivity contribution in [2.24, 2.45) is 0 Å². The average molecular weight is 225 g/mol. The summed E-state index contributed by atoms with van der Waals surface area (Å²) in [4.78, 5) is 4.85. The zero-order valence-electron chi connectivity index (χ0n) is 10.5. The molecular formula is C12H19NO3. The van der Waals surface area contributed by atoms with Crippen molar-refractivity contribution in [2.75, 3.05) is 21.3 Å². The van der Waals surface area contributed by atoms with Gasteiger partial charge in [0, 0.05) is 6.54 Å². The highest BCUT2D eigenvalue weighted by atomic mass is 16.6. The summed E-state index contributed by atoms with van der Waals surface area (Å²) in [7, 11) is 4.89. The van der Waals surface area contributed by atoms with Crippen LogP contribution in [0.4, 0.5) is 0 Å². The van der Waals surface area contributed by atoms with Gasteiger partial charge in [0.15, 0.2) is 11.5 Å². The van der Waals surface area contributed by atoms with Gasteiger partial charge in [0.25, 0.3) is 0 Å². The SMILES string of the molecule is CONCc1cc(OC)c(OC)c(C)c1C. The Morgan fingerprint density at radius 3 is 2.25 bits per heavy atom. The Labute approximate surface area is 96.5 Å². The van der Waals surface area contributed by atoms with E-state index in [-0.39, 0.29) is 0 Å². The topological polar surface area (TPSA) is 39.7 Å². The molecule has 16 heavy (non-hydrogen) atoms. The number of hydrogen-bond acceptors (Lipinski definition) is 4. The molecule has 0 aliphatic heterocycles. The van der Waals surface area contributed by atoms with E-state index in [9.17, 15) is 0 Å². The first-order valence-corrected chi connectivity index (χ1v) is 5.12. The molecule has 4 nitrogen and oxygen atoms in total. The van der Waals surface area contributed by atoms with Crippen LogP contribution < -0.4 is 15.0 Å². The van der Waals surface area contributed by atoms with Crippen LogP contribution in [0.2, 0.25) is 0 Å². The average Bonchev–Trinajstić information content (AvgIpc) is 2.30. The van der Waals surface area contributed by atoms with E-state index in [0.29, 0.717) is 6.54 Å². The third-order valence-corrected chi connectivity index (χ3v) is 2.74. The summed E-state index contributed by atoms with van der Waals surface area (Å²) in [5, 5.41) is 0. The first kappa shape index (κ1) is 12.8. The summed E-state index contributed by atoms with van der Waals surface area (Å²) in [6.07, 6.45) is 0. The Balaban J connectivity index is 3.16. The predicted octanol–water partition coefficient (Wildman–Crippen LogP) is 1.97. The highest BCUT2D eigenvalue weighted by Gasteiger charge is 2.13.